The fraction of sp³-hybridized carbons (Fsp3) is 0.958. The van der Waals surface area contributed by atoms with E-state index in [9.17, 15) is 9.90 Å². The standard InChI is InChI=1S/C24H40O3/c1-15(4-9-22(26)27)19-7-8-20-18-6-5-16-14-17(25)10-12-23(16,2)21(18)11-13-24(19,20)3/h15-21,25H,4-14H2,1-3H3,(H,26,27)/t15?,16?,17?,18?,19-,20?,21?,23+,24-/m1/s1. The summed E-state index contributed by atoms with van der Waals surface area (Å²) in [5.74, 6) is 3.91. The smallest absolute Gasteiger partial charge is 0.303 e. The Balaban J connectivity index is 1.51. The van der Waals surface area contributed by atoms with Crippen LogP contribution < -0.4 is 0 Å². The summed E-state index contributed by atoms with van der Waals surface area (Å²) in [5, 5.41) is 19.3. The normalized spacial score (nSPS) is 50.4. The van der Waals surface area contributed by atoms with E-state index >= 15 is 0 Å². The summed E-state index contributed by atoms with van der Waals surface area (Å²) in [4.78, 5) is 11.0. The molecule has 3 nitrogen and oxygen atoms in total. The summed E-state index contributed by atoms with van der Waals surface area (Å²) in [6.45, 7) is 7.43. The van der Waals surface area contributed by atoms with Gasteiger partial charge in [-0.25, -0.2) is 0 Å². The third-order valence-corrected chi connectivity index (χ3v) is 10.2. The van der Waals surface area contributed by atoms with E-state index in [0.29, 0.717) is 29.1 Å². The van der Waals surface area contributed by atoms with E-state index in [4.69, 9.17) is 5.11 Å². The van der Waals surface area contributed by atoms with Crippen molar-refractivity contribution in [1.82, 2.24) is 0 Å². The van der Waals surface area contributed by atoms with Crippen molar-refractivity contribution in [3.63, 3.8) is 0 Å². The number of aliphatic hydroxyl groups is 1. The lowest BCUT2D eigenvalue weighted by Gasteiger charge is -2.61. The topological polar surface area (TPSA) is 57.5 Å². The molecule has 0 radical (unpaired) electrons. The monoisotopic (exact) mass is 376 g/mol. The second-order valence-electron chi connectivity index (χ2n) is 11.2. The first-order valence-corrected chi connectivity index (χ1v) is 11.7. The first-order chi connectivity index (χ1) is 12.8. The van der Waals surface area contributed by atoms with Gasteiger partial charge in [-0.15, -0.1) is 0 Å². The molecule has 4 aliphatic rings. The minimum absolute atomic E-state index is 0.0561. The third kappa shape index (κ3) is 3.16. The molecular formula is C24H40O3. The molecular weight excluding hydrogens is 336 g/mol. The van der Waals surface area contributed by atoms with Gasteiger partial charge in [0.15, 0.2) is 0 Å². The number of hydrogen-bond acceptors (Lipinski definition) is 2. The van der Waals surface area contributed by atoms with E-state index < -0.39 is 5.97 Å². The van der Waals surface area contributed by atoms with E-state index in [2.05, 4.69) is 20.8 Å². The number of aliphatic carboxylic acids is 1. The zero-order chi connectivity index (χ0) is 19.4. The largest absolute Gasteiger partial charge is 0.481 e. The highest BCUT2D eigenvalue weighted by Gasteiger charge is 2.60. The Morgan fingerprint density at radius 3 is 2.44 bits per heavy atom. The molecule has 4 fully saturated rings. The maximum Gasteiger partial charge on any atom is 0.303 e. The van der Waals surface area contributed by atoms with Crippen LogP contribution in [0.5, 0.6) is 0 Å². The van der Waals surface area contributed by atoms with Gasteiger partial charge in [0.25, 0.3) is 0 Å². The Kier molecular flexibility index (Phi) is 5.15. The van der Waals surface area contributed by atoms with Gasteiger partial charge in [-0.1, -0.05) is 20.8 Å². The van der Waals surface area contributed by atoms with E-state index in [0.717, 1.165) is 42.9 Å². The van der Waals surface area contributed by atoms with Crippen molar-refractivity contribution in [2.75, 3.05) is 0 Å². The number of fused-ring (bicyclic) bond motifs is 5. The maximum absolute atomic E-state index is 11.0. The average Bonchev–Trinajstić information content (AvgIpc) is 2.97. The van der Waals surface area contributed by atoms with Crippen molar-refractivity contribution < 1.29 is 15.0 Å². The molecule has 0 bridgehead atoms. The first kappa shape index (κ1) is 19.7. The summed E-state index contributed by atoms with van der Waals surface area (Å²) in [7, 11) is 0. The minimum atomic E-state index is -0.643. The van der Waals surface area contributed by atoms with Crippen LogP contribution in [0.15, 0.2) is 0 Å². The van der Waals surface area contributed by atoms with Gasteiger partial charge in [0, 0.05) is 6.42 Å². The third-order valence-electron chi connectivity index (χ3n) is 10.2. The van der Waals surface area contributed by atoms with Gasteiger partial charge in [-0.3, -0.25) is 4.79 Å². The van der Waals surface area contributed by atoms with E-state index in [1.54, 1.807) is 0 Å². The van der Waals surface area contributed by atoms with Gasteiger partial charge >= 0.3 is 5.97 Å². The molecule has 0 heterocycles. The first-order valence-electron chi connectivity index (χ1n) is 11.7. The molecule has 0 aromatic carbocycles. The molecule has 154 valence electrons. The number of hydrogen-bond donors (Lipinski definition) is 2. The van der Waals surface area contributed by atoms with Crippen molar-refractivity contribution in [3.8, 4) is 0 Å². The highest BCUT2D eigenvalue weighted by molar-refractivity contribution is 5.66. The Morgan fingerprint density at radius 2 is 1.70 bits per heavy atom. The molecule has 9 atom stereocenters. The van der Waals surface area contributed by atoms with Gasteiger partial charge in [-0.2, -0.15) is 0 Å². The van der Waals surface area contributed by atoms with Crippen LogP contribution in [0.1, 0.15) is 91.4 Å². The fourth-order valence-electron chi connectivity index (χ4n) is 8.76. The fourth-order valence-corrected chi connectivity index (χ4v) is 8.76. The molecule has 4 rings (SSSR count). The molecule has 0 aromatic heterocycles. The summed E-state index contributed by atoms with van der Waals surface area (Å²) >= 11 is 0. The predicted molar refractivity (Wildman–Crippen MR) is 107 cm³/mol. The van der Waals surface area contributed by atoms with Gasteiger partial charge in [0.2, 0.25) is 0 Å². The zero-order valence-corrected chi connectivity index (χ0v) is 17.6. The predicted octanol–water partition coefficient (Wildman–Crippen LogP) is 5.51. The molecule has 3 heteroatoms. The summed E-state index contributed by atoms with van der Waals surface area (Å²) in [6, 6.07) is 0. The lowest BCUT2D eigenvalue weighted by molar-refractivity contribution is -0.138. The molecule has 0 spiro atoms. The lowest BCUT2D eigenvalue weighted by atomic mass is 9.44. The van der Waals surface area contributed by atoms with Gasteiger partial charge < -0.3 is 10.2 Å². The van der Waals surface area contributed by atoms with Crippen LogP contribution in [-0.4, -0.2) is 22.3 Å². The van der Waals surface area contributed by atoms with Crippen molar-refractivity contribution >= 4 is 5.97 Å². The quantitative estimate of drug-likeness (QED) is 0.680. The summed E-state index contributed by atoms with van der Waals surface area (Å²) < 4.78 is 0. The Hall–Kier alpha value is -0.570. The second kappa shape index (κ2) is 7.04. The van der Waals surface area contributed by atoms with Crippen LogP contribution in [0.2, 0.25) is 0 Å². The minimum Gasteiger partial charge on any atom is -0.481 e. The number of rotatable bonds is 4. The van der Waals surface area contributed by atoms with Crippen LogP contribution in [-0.2, 0) is 4.79 Å². The van der Waals surface area contributed by atoms with Gasteiger partial charge in [0.05, 0.1) is 6.10 Å². The summed E-state index contributed by atoms with van der Waals surface area (Å²) in [5.41, 5.74) is 0.882. The molecule has 0 aromatic rings. The van der Waals surface area contributed by atoms with Crippen molar-refractivity contribution in [2.24, 2.45) is 46.3 Å². The number of carboxylic acids is 1. The molecule has 6 unspecified atom stereocenters. The van der Waals surface area contributed by atoms with Crippen molar-refractivity contribution in [3.05, 3.63) is 0 Å². The molecule has 2 N–H and O–H groups in total. The van der Waals surface area contributed by atoms with Crippen molar-refractivity contribution in [1.29, 1.82) is 0 Å². The molecule has 4 saturated carbocycles. The average molecular weight is 377 g/mol. The lowest BCUT2D eigenvalue weighted by Crippen LogP contribution is -2.54. The van der Waals surface area contributed by atoms with Crippen LogP contribution >= 0.6 is 0 Å². The highest BCUT2D eigenvalue weighted by atomic mass is 16.4. The van der Waals surface area contributed by atoms with E-state index in [1.165, 1.54) is 44.9 Å². The van der Waals surface area contributed by atoms with Crippen LogP contribution in [0.25, 0.3) is 0 Å². The number of aliphatic hydroxyl groups excluding tert-OH is 1. The summed E-state index contributed by atoms with van der Waals surface area (Å²) in [6.07, 6.45) is 12.4. The molecule has 0 amide bonds. The van der Waals surface area contributed by atoms with Gasteiger partial charge in [0.1, 0.15) is 0 Å². The molecule has 27 heavy (non-hydrogen) atoms. The Labute approximate surface area is 165 Å². The molecule has 4 aliphatic carbocycles. The number of carbonyl (C=O) groups is 1. The highest BCUT2D eigenvalue weighted by Crippen LogP contribution is 2.68. The van der Waals surface area contributed by atoms with Crippen LogP contribution in [0, 0.1) is 46.3 Å². The van der Waals surface area contributed by atoms with Crippen LogP contribution in [0.4, 0.5) is 0 Å². The zero-order valence-electron chi connectivity index (χ0n) is 17.6. The van der Waals surface area contributed by atoms with E-state index in [-0.39, 0.29) is 6.10 Å². The SMILES string of the molecule is CC(CCC(=O)O)[C@H]1CCC2C3CCC4CC(O)CC[C@]4(C)C3CC[C@@]21C. The van der Waals surface area contributed by atoms with E-state index in [1.807, 2.05) is 0 Å². The second-order valence-corrected chi connectivity index (χ2v) is 11.2. The van der Waals surface area contributed by atoms with Crippen molar-refractivity contribution in [2.45, 2.75) is 97.5 Å². The Bertz CT molecular complexity index is 574. The van der Waals surface area contributed by atoms with Crippen LogP contribution in [0.3, 0.4) is 0 Å². The Morgan fingerprint density at radius 1 is 1.00 bits per heavy atom. The molecule has 0 saturated heterocycles. The van der Waals surface area contributed by atoms with Gasteiger partial charge in [-0.05, 0) is 111 Å². The molecule has 0 aliphatic heterocycles. The number of carboxylic acid groups (broad SMARTS) is 1. The maximum atomic E-state index is 11.0.